The number of carbonyl (C=O) groups is 1. The van der Waals surface area contributed by atoms with E-state index in [1.165, 1.54) is 32.4 Å². The fourth-order valence-corrected chi connectivity index (χ4v) is 3.08. The molecule has 16 heavy (non-hydrogen) atoms. The van der Waals surface area contributed by atoms with Gasteiger partial charge in [0.15, 0.2) is 6.04 Å². The molecule has 0 radical (unpaired) electrons. The molecule has 0 aromatic carbocycles. The molecule has 0 saturated carbocycles. The van der Waals surface area contributed by atoms with Crippen molar-refractivity contribution in [3.63, 3.8) is 0 Å². The zero-order valence-electron chi connectivity index (χ0n) is 11.1. The molecule has 1 aliphatic heterocycles. The minimum absolute atomic E-state index is 0.181. The Labute approximate surface area is 99.8 Å². The van der Waals surface area contributed by atoms with Gasteiger partial charge in [-0.3, -0.25) is 4.79 Å². The normalized spacial score (nSPS) is 21.4. The second-order valence-electron chi connectivity index (χ2n) is 4.96. The van der Waals surface area contributed by atoms with E-state index < -0.39 is 0 Å². The van der Waals surface area contributed by atoms with Gasteiger partial charge in [0.1, 0.15) is 0 Å². The molecule has 1 saturated heterocycles. The first-order valence-corrected chi connectivity index (χ1v) is 6.77. The van der Waals surface area contributed by atoms with E-state index in [-0.39, 0.29) is 11.9 Å². The quantitative estimate of drug-likeness (QED) is 0.714. The van der Waals surface area contributed by atoms with Gasteiger partial charge < -0.3 is 9.80 Å². The number of hydrogen-bond donors (Lipinski definition) is 1. The summed E-state index contributed by atoms with van der Waals surface area (Å²) in [6, 6.07) is 0.181. The van der Waals surface area contributed by atoms with Crippen molar-refractivity contribution >= 4 is 5.91 Å². The van der Waals surface area contributed by atoms with Crippen LogP contribution in [0.15, 0.2) is 0 Å². The van der Waals surface area contributed by atoms with E-state index in [1.54, 1.807) is 7.05 Å². The van der Waals surface area contributed by atoms with Crippen molar-refractivity contribution in [1.82, 2.24) is 5.32 Å². The van der Waals surface area contributed by atoms with Crippen LogP contribution in [0.4, 0.5) is 0 Å². The van der Waals surface area contributed by atoms with Crippen LogP contribution in [0.1, 0.15) is 46.0 Å². The van der Waals surface area contributed by atoms with Crippen molar-refractivity contribution in [1.29, 1.82) is 0 Å². The highest BCUT2D eigenvalue weighted by molar-refractivity contribution is 5.80. The molecule has 0 aromatic heterocycles. The van der Waals surface area contributed by atoms with Crippen LogP contribution < -0.4 is 5.32 Å². The molecule has 1 heterocycles. The maximum absolute atomic E-state index is 12.0. The Hall–Kier alpha value is -0.570. The van der Waals surface area contributed by atoms with Crippen LogP contribution in [-0.2, 0) is 4.79 Å². The maximum atomic E-state index is 12.0. The Morgan fingerprint density at radius 3 is 2.31 bits per heavy atom. The van der Waals surface area contributed by atoms with E-state index in [9.17, 15) is 4.79 Å². The Kier molecular flexibility index (Phi) is 5.26. The highest BCUT2D eigenvalue weighted by atomic mass is 16.2. The van der Waals surface area contributed by atoms with Crippen molar-refractivity contribution < 1.29 is 9.28 Å². The Balaban J connectivity index is 2.82. The molecule has 3 heteroatoms. The lowest BCUT2D eigenvalue weighted by Gasteiger charge is -2.45. The van der Waals surface area contributed by atoms with Crippen molar-refractivity contribution in [2.24, 2.45) is 0 Å². The first kappa shape index (κ1) is 13.5. The lowest BCUT2D eigenvalue weighted by molar-refractivity contribution is -0.945. The van der Waals surface area contributed by atoms with E-state index in [2.05, 4.69) is 19.2 Å². The Morgan fingerprint density at radius 2 is 1.88 bits per heavy atom. The van der Waals surface area contributed by atoms with Crippen LogP contribution >= 0.6 is 0 Å². The number of quaternary nitrogens is 1. The van der Waals surface area contributed by atoms with Crippen LogP contribution in [-0.4, -0.2) is 43.1 Å². The molecule has 1 fully saturated rings. The minimum atomic E-state index is 0.181. The second-order valence-corrected chi connectivity index (χ2v) is 4.96. The minimum Gasteiger partial charge on any atom is -0.354 e. The molecule has 1 rings (SSSR count). The Bertz CT molecular complexity index is 222. The first-order valence-electron chi connectivity index (χ1n) is 6.77. The third-order valence-electron chi connectivity index (χ3n) is 4.11. The van der Waals surface area contributed by atoms with Gasteiger partial charge in [0, 0.05) is 13.5 Å². The topological polar surface area (TPSA) is 29.1 Å². The molecular weight excluding hydrogens is 200 g/mol. The van der Waals surface area contributed by atoms with E-state index in [0.29, 0.717) is 0 Å². The van der Waals surface area contributed by atoms with Crippen LogP contribution in [0.3, 0.4) is 0 Å². The fraction of sp³-hybridized carbons (Fsp3) is 0.923. The summed E-state index contributed by atoms with van der Waals surface area (Å²) in [5.41, 5.74) is 0. The number of nitrogens with zero attached hydrogens (tertiary/aromatic N) is 1. The molecule has 1 N–H and O–H groups in total. The predicted molar refractivity (Wildman–Crippen MR) is 67.1 cm³/mol. The average molecular weight is 227 g/mol. The molecule has 0 spiro atoms. The predicted octanol–water partition coefficient (Wildman–Crippen LogP) is 1.92. The van der Waals surface area contributed by atoms with Gasteiger partial charge in [-0.25, -0.2) is 0 Å². The lowest BCUT2D eigenvalue weighted by atomic mass is 9.99. The monoisotopic (exact) mass is 227 g/mol. The summed E-state index contributed by atoms with van der Waals surface area (Å²) in [6.07, 6.45) is 6.02. The molecule has 94 valence electrons. The van der Waals surface area contributed by atoms with Crippen LogP contribution in [0, 0.1) is 0 Å². The maximum Gasteiger partial charge on any atom is 0.278 e. The summed E-state index contributed by atoms with van der Waals surface area (Å²) in [7, 11) is 1.76. The van der Waals surface area contributed by atoms with Crippen molar-refractivity contribution in [3.8, 4) is 0 Å². The number of piperidine rings is 1. The van der Waals surface area contributed by atoms with Gasteiger partial charge in [-0.1, -0.05) is 6.92 Å². The van der Waals surface area contributed by atoms with E-state index in [1.807, 2.05) is 0 Å². The molecule has 1 atom stereocenters. The standard InChI is InChI=1S/C13H26N2O/c1-4-9-12(13(16)14-3)15(5-2)10-7-6-8-11-15/h12H,4-11H2,1-3H3/p+1. The number of likely N-dealkylation sites (N-methyl/N-ethyl adjacent to an activating group) is 2. The summed E-state index contributed by atoms with van der Waals surface area (Å²) >= 11 is 0. The largest absolute Gasteiger partial charge is 0.354 e. The summed E-state index contributed by atoms with van der Waals surface area (Å²) in [5, 5.41) is 2.85. The first-order chi connectivity index (χ1) is 7.70. The van der Waals surface area contributed by atoms with Gasteiger partial charge in [-0.15, -0.1) is 0 Å². The zero-order chi connectivity index (χ0) is 12.0. The van der Waals surface area contributed by atoms with Gasteiger partial charge in [0.25, 0.3) is 5.91 Å². The third kappa shape index (κ3) is 2.76. The van der Waals surface area contributed by atoms with Gasteiger partial charge in [0.2, 0.25) is 0 Å². The average Bonchev–Trinajstić information content (AvgIpc) is 2.36. The molecule has 1 aliphatic rings. The van der Waals surface area contributed by atoms with Crippen LogP contribution in [0.2, 0.25) is 0 Å². The van der Waals surface area contributed by atoms with Crippen LogP contribution in [0.25, 0.3) is 0 Å². The van der Waals surface area contributed by atoms with Crippen LogP contribution in [0.5, 0.6) is 0 Å². The number of amides is 1. The lowest BCUT2D eigenvalue weighted by Crippen LogP contribution is -2.62. The highest BCUT2D eigenvalue weighted by Crippen LogP contribution is 2.25. The molecule has 3 nitrogen and oxygen atoms in total. The number of rotatable bonds is 5. The SMILES string of the molecule is CCCC(C(=O)NC)[N+]1(CC)CCCCC1. The fourth-order valence-electron chi connectivity index (χ4n) is 3.08. The van der Waals surface area contributed by atoms with E-state index in [4.69, 9.17) is 0 Å². The second kappa shape index (κ2) is 6.24. The van der Waals surface area contributed by atoms with E-state index in [0.717, 1.165) is 23.9 Å². The summed E-state index contributed by atoms with van der Waals surface area (Å²) in [4.78, 5) is 12.0. The zero-order valence-corrected chi connectivity index (χ0v) is 11.1. The highest BCUT2D eigenvalue weighted by Gasteiger charge is 2.40. The third-order valence-corrected chi connectivity index (χ3v) is 4.11. The molecule has 0 aliphatic carbocycles. The Morgan fingerprint density at radius 1 is 1.25 bits per heavy atom. The summed E-state index contributed by atoms with van der Waals surface area (Å²) in [6.45, 7) is 7.88. The molecule has 0 bridgehead atoms. The smallest absolute Gasteiger partial charge is 0.278 e. The van der Waals surface area contributed by atoms with E-state index >= 15 is 0 Å². The molecular formula is C13H27N2O+. The number of carbonyl (C=O) groups excluding carboxylic acids is 1. The van der Waals surface area contributed by atoms with Crippen molar-refractivity contribution in [3.05, 3.63) is 0 Å². The molecule has 0 aromatic rings. The number of hydrogen-bond acceptors (Lipinski definition) is 1. The van der Waals surface area contributed by atoms with Crippen molar-refractivity contribution in [2.75, 3.05) is 26.7 Å². The van der Waals surface area contributed by atoms with Gasteiger partial charge in [0.05, 0.1) is 19.6 Å². The number of likely N-dealkylation sites (tertiary alicyclic amines) is 1. The summed E-state index contributed by atoms with van der Waals surface area (Å²) < 4.78 is 1.02. The van der Waals surface area contributed by atoms with Crippen molar-refractivity contribution in [2.45, 2.75) is 52.0 Å². The van der Waals surface area contributed by atoms with Gasteiger partial charge in [-0.05, 0) is 32.6 Å². The molecule has 1 unspecified atom stereocenters. The van der Waals surface area contributed by atoms with Gasteiger partial charge >= 0.3 is 0 Å². The number of nitrogens with one attached hydrogen (secondary N) is 1. The van der Waals surface area contributed by atoms with Gasteiger partial charge in [-0.2, -0.15) is 0 Å². The summed E-state index contributed by atoms with van der Waals surface area (Å²) in [5.74, 6) is 0.241. The molecule has 1 amide bonds.